The third-order valence-corrected chi connectivity index (χ3v) is 0.744. The van der Waals surface area contributed by atoms with Gasteiger partial charge in [-0.05, 0) is 0 Å². The first-order valence-electron chi connectivity index (χ1n) is 2.81. The van der Waals surface area contributed by atoms with E-state index in [0.29, 0.717) is 0 Å². The number of hydrogen-bond acceptors (Lipinski definition) is 3. The molecule has 4 heteroatoms. The van der Waals surface area contributed by atoms with Crippen molar-refractivity contribution in [3.05, 3.63) is 6.08 Å². The Morgan fingerprint density at radius 1 is 1.50 bits per heavy atom. The van der Waals surface area contributed by atoms with Crippen molar-refractivity contribution in [2.45, 2.75) is 20.8 Å². The van der Waals surface area contributed by atoms with E-state index in [1.165, 1.54) is 0 Å². The van der Waals surface area contributed by atoms with Gasteiger partial charge in [0.1, 0.15) is 0 Å². The van der Waals surface area contributed by atoms with Gasteiger partial charge in [0.2, 0.25) is 0 Å². The Kier molecular flexibility index (Phi) is 4.39. The predicted octanol–water partition coefficient (Wildman–Crippen LogP) is 1.84. The standard InChI is InChI=1S/C6H10N2O.Pd/c1-6(2,3)4-5-8-9-7;/h4H,1-3H3;. The normalized spacial score (nSPS) is 9.70. The summed E-state index contributed by atoms with van der Waals surface area (Å²) in [6.07, 6.45) is 1.80. The van der Waals surface area contributed by atoms with Crippen molar-refractivity contribution in [3.63, 3.8) is 0 Å². The number of allylic oxidation sites excluding steroid dienone is 1. The van der Waals surface area contributed by atoms with Crippen LogP contribution in [-0.2, 0) is 24.0 Å². The van der Waals surface area contributed by atoms with Crippen LogP contribution in [0.3, 0.4) is 0 Å². The fourth-order valence-corrected chi connectivity index (χ4v) is 0.320. The van der Waals surface area contributed by atoms with Crippen LogP contribution in [0.2, 0.25) is 0 Å². The van der Waals surface area contributed by atoms with Crippen LogP contribution < -0.4 is 0 Å². The minimum absolute atomic E-state index is 0.0856. The summed E-state index contributed by atoms with van der Waals surface area (Å²) in [6, 6.07) is 0. The predicted molar refractivity (Wildman–Crippen MR) is 35.0 cm³/mol. The van der Waals surface area contributed by atoms with E-state index < -0.39 is 0 Å². The van der Waals surface area contributed by atoms with Crippen molar-refractivity contribution in [1.82, 2.24) is 0 Å². The molecule has 0 amide bonds. The monoisotopic (exact) mass is 232 g/mol. The summed E-state index contributed by atoms with van der Waals surface area (Å²) in [5.41, 5.74) is 0.0856. The van der Waals surface area contributed by atoms with Gasteiger partial charge in [0, 0.05) is 0 Å². The Hall–Kier alpha value is -0.288. The fourth-order valence-electron chi connectivity index (χ4n) is 0.256. The second kappa shape index (κ2) is 4.52. The van der Waals surface area contributed by atoms with Gasteiger partial charge in [-0.3, -0.25) is 0 Å². The zero-order chi connectivity index (χ0) is 8.04. The summed E-state index contributed by atoms with van der Waals surface area (Å²) in [5.74, 6) is 2.59. The Bertz CT molecular complexity index is 165. The van der Waals surface area contributed by atoms with Gasteiger partial charge in [-0.15, -0.1) is 0 Å². The van der Waals surface area contributed by atoms with Crippen molar-refractivity contribution in [2.75, 3.05) is 0 Å². The van der Waals surface area contributed by atoms with Crippen LogP contribution in [-0.4, -0.2) is 5.87 Å². The van der Waals surface area contributed by atoms with E-state index in [1.54, 1.807) is 6.08 Å². The van der Waals surface area contributed by atoms with E-state index in [4.69, 9.17) is 0 Å². The molecule has 0 aliphatic carbocycles. The molecule has 0 spiro atoms. The van der Waals surface area contributed by atoms with Gasteiger partial charge in [-0.1, -0.05) is 0 Å². The zero-order valence-electron chi connectivity index (χ0n) is 6.20. The van der Waals surface area contributed by atoms with Gasteiger partial charge in [0.15, 0.2) is 0 Å². The topological polar surface area (TPSA) is 34.0 Å². The molecular formula is C6H10N2OPd. The molecule has 0 saturated heterocycles. The van der Waals surface area contributed by atoms with Crippen molar-refractivity contribution >= 4 is 5.87 Å². The fraction of sp³-hybridized carbons (Fsp3) is 0.667. The van der Waals surface area contributed by atoms with Gasteiger partial charge in [0.25, 0.3) is 0 Å². The van der Waals surface area contributed by atoms with Crippen LogP contribution in [0.25, 0.3) is 0 Å². The van der Waals surface area contributed by atoms with Crippen LogP contribution in [0.4, 0.5) is 0 Å². The van der Waals surface area contributed by atoms with Crippen LogP contribution >= 0.6 is 0 Å². The third kappa shape index (κ3) is 7.71. The Morgan fingerprint density at radius 2 is 2.10 bits per heavy atom. The van der Waals surface area contributed by atoms with Crippen molar-refractivity contribution in [1.29, 1.82) is 0 Å². The molecule has 0 aromatic carbocycles. The van der Waals surface area contributed by atoms with Crippen molar-refractivity contribution in [2.24, 2.45) is 14.3 Å². The van der Waals surface area contributed by atoms with E-state index in [2.05, 4.69) is 38.7 Å². The second-order valence-electron chi connectivity index (χ2n) is 2.87. The van der Waals surface area contributed by atoms with Crippen molar-refractivity contribution < 1.29 is 24.0 Å². The van der Waals surface area contributed by atoms with Gasteiger partial charge >= 0.3 is 71.0 Å². The molecule has 0 radical (unpaired) electrons. The van der Waals surface area contributed by atoms with E-state index in [9.17, 15) is 0 Å². The van der Waals surface area contributed by atoms with Crippen LogP contribution in [0.1, 0.15) is 20.8 Å². The number of hydrogen-bond donors (Lipinski definition) is 0. The van der Waals surface area contributed by atoms with Gasteiger partial charge in [-0.2, -0.15) is 0 Å². The molecule has 0 aliphatic rings. The first kappa shape index (κ1) is 9.71. The van der Waals surface area contributed by atoms with Gasteiger partial charge in [0.05, 0.1) is 0 Å². The number of nitrogens with zero attached hydrogens (tertiary/aromatic N) is 2. The quantitative estimate of drug-likeness (QED) is 0.406. The van der Waals surface area contributed by atoms with Gasteiger partial charge in [-0.25, -0.2) is 0 Å². The molecular weight excluding hydrogens is 222 g/mol. The minimum atomic E-state index is 0.0856. The van der Waals surface area contributed by atoms with Crippen LogP contribution in [0, 0.1) is 5.41 Å². The first-order valence-corrected chi connectivity index (χ1v) is 3.50. The third-order valence-electron chi connectivity index (χ3n) is 0.617. The van der Waals surface area contributed by atoms with E-state index in [1.807, 2.05) is 20.8 Å². The van der Waals surface area contributed by atoms with Crippen LogP contribution in [0.15, 0.2) is 15.0 Å². The first-order chi connectivity index (χ1) is 4.56. The second-order valence-corrected chi connectivity index (χ2v) is 3.15. The number of rotatable bonds is 2. The SMILES string of the molecule is CC(C)(C)C=C=NO[N]=[Pd]. The van der Waals surface area contributed by atoms with Gasteiger partial charge < -0.3 is 0 Å². The molecule has 0 heterocycles. The summed E-state index contributed by atoms with van der Waals surface area (Å²) in [5, 5.41) is 3.37. The molecule has 0 aliphatic heterocycles. The summed E-state index contributed by atoms with van der Waals surface area (Å²) in [4.78, 5) is 4.27. The Labute approximate surface area is 71.3 Å². The molecule has 0 fully saturated rings. The maximum atomic E-state index is 4.27. The summed E-state index contributed by atoms with van der Waals surface area (Å²) < 4.78 is 3.16. The van der Waals surface area contributed by atoms with Crippen molar-refractivity contribution in [3.8, 4) is 0 Å². The van der Waals surface area contributed by atoms with E-state index in [-0.39, 0.29) is 5.41 Å². The molecule has 10 heavy (non-hydrogen) atoms. The Morgan fingerprint density at radius 3 is 2.50 bits per heavy atom. The molecule has 0 aromatic heterocycles. The Balaban J connectivity index is 3.85. The summed E-state index contributed by atoms with van der Waals surface area (Å²) >= 11 is 2.45. The summed E-state index contributed by atoms with van der Waals surface area (Å²) in [6.45, 7) is 6.13. The molecule has 0 rings (SSSR count). The average molecular weight is 233 g/mol. The van der Waals surface area contributed by atoms with Crippen LogP contribution in [0.5, 0.6) is 0 Å². The molecule has 0 saturated carbocycles. The molecule has 0 aromatic rings. The molecule has 0 N–H and O–H groups in total. The van der Waals surface area contributed by atoms with E-state index >= 15 is 0 Å². The zero-order valence-corrected chi connectivity index (χ0v) is 7.75. The maximum absolute atomic E-state index is 4.27. The molecule has 0 bridgehead atoms. The molecule has 3 nitrogen and oxygen atoms in total. The molecule has 0 atom stereocenters. The average Bonchev–Trinajstić information content (AvgIpc) is 1.78. The molecule has 0 unspecified atom stereocenters. The molecule has 60 valence electrons. The van der Waals surface area contributed by atoms with E-state index in [0.717, 1.165) is 0 Å². The summed E-state index contributed by atoms with van der Waals surface area (Å²) in [7, 11) is 0.